The molecule has 29 heavy (non-hydrogen) atoms. The topological polar surface area (TPSA) is 55.7 Å². The van der Waals surface area contributed by atoms with E-state index in [9.17, 15) is 4.79 Å². The van der Waals surface area contributed by atoms with Crippen molar-refractivity contribution in [3.05, 3.63) is 59.1 Å². The van der Waals surface area contributed by atoms with Crippen molar-refractivity contribution in [3.63, 3.8) is 0 Å². The zero-order valence-corrected chi connectivity index (χ0v) is 17.6. The fraction of sp³-hybridized carbons (Fsp3) is 0.391. The minimum atomic E-state index is 0.126. The van der Waals surface area contributed by atoms with E-state index in [-0.39, 0.29) is 5.91 Å². The standard InChI is InChI=1S/C23H27N3O2S/c1-28-18-11-9-17(10-12-18)13-14-24-22(27)16-26-15-5-4-7-20(26)23-25-19-6-2-3-8-21(19)29-23/h2-3,6,8-12,20H,4-5,7,13-16H2,1H3,(H,24,27)/p+1/t20-/m1/s1. The number of carbonyl (C=O) groups excluding carboxylic acids is 1. The number of nitrogens with one attached hydrogen (secondary N) is 2. The molecule has 2 heterocycles. The van der Waals surface area contributed by atoms with Gasteiger partial charge < -0.3 is 15.0 Å². The molecule has 2 atom stereocenters. The SMILES string of the molecule is COc1ccc(CCNC(=O)C[NH+]2CCCC[C@@H]2c2nc3ccccc3s2)cc1. The van der Waals surface area contributed by atoms with Crippen LogP contribution in [0.3, 0.4) is 0 Å². The molecular formula is C23H28N3O2S+. The Kier molecular flexibility index (Phi) is 6.42. The molecule has 2 N–H and O–H groups in total. The molecule has 0 radical (unpaired) electrons. The van der Waals surface area contributed by atoms with Gasteiger partial charge in [0.05, 0.1) is 23.9 Å². The predicted octanol–water partition coefficient (Wildman–Crippen LogP) is 2.77. The first-order chi connectivity index (χ1) is 14.2. The number of aromatic nitrogens is 1. The Hall–Kier alpha value is -2.44. The van der Waals surface area contributed by atoms with Crippen LogP contribution in [-0.2, 0) is 11.2 Å². The number of rotatable bonds is 7. The number of likely N-dealkylation sites (tertiary alicyclic amines) is 1. The van der Waals surface area contributed by atoms with Crippen molar-refractivity contribution in [2.45, 2.75) is 31.7 Å². The minimum Gasteiger partial charge on any atom is -0.497 e. The van der Waals surface area contributed by atoms with Crippen molar-refractivity contribution in [1.82, 2.24) is 10.3 Å². The fourth-order valence-corrected chi connectivity index (χ4v) is 5.20. The van der Waals surface area contributed by atoms with Crippen LogP contribution in [0, 0.1) is 0 Å². The van der Waals surface area contributed by atoms with Crippen LogP contribution in [0.15, 0.2) is 48.5 Å². The number of ether oxygens (including phenoxy) is 1. The number of hydrogen-bond acceptors (Lipinski definition) is 4. The zero-order valence-electron chi connectivity index (χ0n) is 16.8. The number of piperidine rings is 1. The molecule has 6 heteroatoms. The summed E-state index contributed by atoms with van der Waals surface area (Å²) in [5.41, 5.74) is 2.27. The monoisotopic (exact) mass is 410 g/mol. The lowest BCUT2D eigenvalue weighted by Gasteiger charge is -2.30. The summed E-state index contributed by atoms with van der Waals surface area (Å²) < 4.78 is 6.42. The highest BCUT2D eigenvalue weighted by Crippen LogP contribution is 2.28. The summed E-state index contributed by atoms with van der Waals surface area (Å²) in [7, 11) is 1.67. The van der Waals surface area contributed by atoms with Crippen molar-refractivity contribution in [2.24, 2.45) is 0 Å². The second-order valence-electron chi connectivity index (χ2n) is 7.60. The lowest BCUT2D eigenvalue weighted by Crippen LogP contribution is -3.14. The number of methoxy groups -OCH3 is 1. The maximum Gasteiger partial charge on any atom is 0.275 e. The van der Waals surface area contributed by atoms with Crippen molar-refractivity contribution >= 4 is 27.5 Å². The molecule has 1 fully saturated rings. The second-order valence-corrected chi connectivity index (χ2v) is 8.66. The first-order valence-electron chi connectivity index (χ1n) is 10.3. The smallest absolute Gasteiger partial charge is 0.275 e. The number of amides is 1. The lowest BCUT2D eigenvalue weighted by atomic mass is 10.0. The Morgan fingerprint density at radius 2 is 2.03 bits per heavy atom. The van der Waals surface area contributed by atoms with Gasteiger partial charge in [-0.1, -0.05) is 24.3 Å². The fourth-order valence-electron chi connectivity index (χ4n) is 4.03. The quantitative estimate of drug-likeness (QED) is 0.630. The molecule has 3 aromatic rings. The van der Waals surface area contributed by atoms with Gasteiger partial charge in [0.1, 0.15) is 11.8 Å². The van der Waals surface area contributed by atoms with Gasteiger partial charge in [-0.15, -0.1) is 11.3 Å². The summed E-state index contributed by atoms with van der Waals surface area (Å²) in [5.74, 6) is 0.980. The highest BCUT2D eigenvalue weighted by atomic mass is 32.1. The third-order valence-electron chi connectivity index (χ3n) is 5.62. The minimum absolute atomic E-state index is 0.126. The Labute approximate surface area is 175 Å². The third-order valence-corrected chi connectivity index (χ3v) is 6.77. The van der Waals surface area contributed by atoms with Crippen LogP contribution in [0.1, 0.15) is 35.9 Å². The molecule has 1 aromatic heterocycles. The maximum atomic E-state index is 12.6. The van der Waals surface area contributed by atoms with Crippen LogP contribution in [0.4, 0.5) is 0 Å². The average molecular weight is 411 g/mol. The average Bonchev–Trinajstić information content (AvgIpc) is 3.19. The van der Waals surface area contributed by atoms with E-state index in [1.807, 2.05) is 30.3 Å². The zero-order chi connectivity index (χ0) is 20.1. The second kappa shape index (κ2) is 9.37. The Balaban J connectivity index is 1.33. The first-order valence-corrected chi connectivity index (χ1v) is 11.1. The lowest BCUT2D eigenvalue weighted by molar-refractivity contribution is -0.929. The van der Waals surface area contributed by atoms with E-state index in [1.54, 1.807) is 18.4 Å². The van der Waals surface area contributed by atoms with E-state index in [0.29, 0.717) is 19.1 Å². The largest absolute Gasteiger partial charge is 0.497 e. The first kappa shape index (κ1) is 19.9. The highest BCUT2D eigenvalue weighted by molar-refractivity contribution is 7.18. The van der Waals surface area contributed by atoms with E-state index >= 15 is 0 Å². The van der Waals surface area contributed by atoms with Gasteiger partial charge in [0.2, 0.25) is 0 Å². The normalized spacial score (nSPS) is 19.2. The summed E-state index contributed by atoms with van der Waals surface area (Å²) in [6, 6.07) is 16.6. The molecule has 2 aromatic carbocycles. The van der Waals surface area contributed by atoms with Crippen LogP contribution in [0.5, 0.6) is 5.75 Å². The molecule has 0 spiro atoms. The van der Waals surface area contributed by atoms with E-state index in [4.69, 9.17) is 9.72 Å². The molecule has 1 aliphatic heterocycles. The Morgan fingerprint density at radius 3 is 2.83 bits per heavy atom. The van der Waals surface area contributed by atoms with Gasteiger partial charge in [0, 0.05) is 13.0 Å². The van der Waals surface area contributed by atoms with E-state index in [2.05, 4.69) is 23.5 Å². The van der Waals surface area contributed by atoms with E-state index < -0.39 is 0 Å². The number of benzene rings is 2. The molecule has 4 rings (SSSR count). The number of hydrogen-bond donors (Lipinski definition) is 2. The van der Waals surface area contributed by atoms with Crippen LogP contribution in [-0.4, -0.2) is 37.6 Å². The predicted molar refractivity (Wildman–Crippen MR) is 117 cm³/mol. The number of thiazole rings is 1. The van der Waals surface area contributed by atoms with E-state index in [1.165, 1.54) is 33.0 Å². The summed E-state index contributed by atoms with van der Waals surface area (Å²) in [4.78, 5) is 18.8. The van der Waals surface area contributed by atoms with Gasteiger partial charge in [-0.2, -0.15) is 0 Å². The molecule has 0 saturated carbocycles. The third kappa shape index (κ3) is 4.95. The molecule has 1 saturated heterocycles. The summed E-state index contributed by atoms with van der Waals surface area (Å²) >= 11 is 1.78. The van der Waals surface area contributed by atoms with Crippen molar-refractivity contribution in [2.75, 3.05) is 26.7 Å². The van der Waals surface area contributed by atoms with Gasteiger partial charge >= 0.3 is 0 Å². The molecule has 1 aliphatic rings. The van der Waals surface area contributed by atoms with Gasteiger partial charge in [0.15, 0.2) is 11.6 Å². The number of para-hydroxylation sites is 1. The van der Waals surface area contributed by atoms with Crippen molar-refractivity contribution in [1.29, 1.82) is 0 Å². The molecule has 1 amide bonds. The van der Waals surface area contributed by atoms with Crippen LogP contribution in [0.2, 0.25) is 0 Å². The Bertz CT molecular complexity index is 921. The van der Waals surface area contributed by atoms with Gasteiger partial charge in [-0.05, 0) is 49.1 Å². The summed E-state index contributed by atoms with van der Waals surface area (Å²) in [6.07, 6.45) is 4.32. The molecule has 152 valence electrons. The van der Waals surface area contributed by atoms with Gasteiger partial charge in [0.25, 0.3) is 5.91 Å². The van der Waals surface area contributed by atoms with Gasteiger partial charge in [-0.3, -0.25) is 4.79 Å². The van der Waals surface area contributed by atoms with Gasteiger partial charge in [-0.25, -0.2) is 4.98 Å². The number of nitrogens with zero attached hydrogens (tertiary/aromatic N) is 1. The van der Waals surface area contributed by atoms with Crippen LogP contribution >= 0.6 is 11.3 Å². The molecule has 0 bridgehead atoms. The molecule has 0 aliphatic carbocycles. The molecular weight excluding hydrogens is 382 g/mol. The van der Waals surface area contributed by atoms with E-state index in [0.717, 1.165) is 30.7 Å². The number of fused-ring (bicyclic) bond motifs is 1. The number of carbonyl (C=O) groups is 1. The van der Waals surface area contributed by atoms with Crippen molar-refractivity contribution in [3.8, 4) is 5.75 Å². The van der Waals surface area contributed by atoms with Crippen LogP contribution in [0.25, 0.3) is 10.2 Å². The highest BCUT2D eigenvalue weighted by Gasteiger charge is 2.31. The molecule has 5 nitrogen and oxygen atoms in total. The van der Waals surface area contributed by atoms with Crippen LogP contribution < -0.4 is 15.0 Å². The maximum absolute atomic E-state index is 12.6. The summed E-state index contributed by atoms with van der Waals surface area (Å²) in [5, 5.41) is 4.27. The molecule has 1 unspecified atom stereocenters. The van der Waals surface area contributed by atoms with Crippen molar-refractivity contribution < 1.29 is 14.4 Å². The summed E-state index contributed by atoms with van der Waals surface area (Å²) in [6.45, 7) is 2.21. The number of quaternary nitrogens is 1. The Morgan fingerprint density at radius 1 is 1.21 bits per heavy atom.